The second-order valence-corrected chi connectivity index (χ2v) is 5.85. The lowest BCUT2D eigenvalue weighted by atomic mass is 10.2. The smallest absolute Gasteiger partial charge is 0.331 e. The van der Waals surface area contributed by atoms with Crippen molar-refractivity contribution in [2.75, 3.05) is 20.8 Å². The monoisotopic (exact) mass is 384 g/mol. The van der Waals surface area contributed by atoms with Crippen LogP contribution in [-0.4, -0.2) is 42.5 Å². The van der Waals surface area contributed by atoms with Crippen molar-refractivity contribution in [3.63, 3.8) is 0 Å². The summed E-state index contributed by atoms with van der Waals surface area (Å²) in [7, 11) is 3.15. The molecule has 28 heavy (non-hydrogen) atoms. The number of benzene rings is 2. The predicted molar refractivity (Wildman–Crippen MR) is 103 cm³/mol. The number of esters is 1. The molecule has 0 aliphatic heterocycles. The summed E-state index contributed by atoms with van der Waals surface area (Å²) < 4.78 is 10.2. The Labute approximate surface area is 162 Å². The molecule has 0 aromatic heterocycles. The van der Waals surface area contributed by atoms with Crippen molar-refractivity contribution in [1.82, 2.24) is 4.90 Å². The van der Waals surface area contributed by atoms with Crippen LogP contribution in [0.5, 0.6) is 5.75 Å². The normalized spacial score (nSPS) is 10.5. The number of hydrogen-bond donors (Lipinski definition) is 0. The number of carbonyl (C=O) groups is 2. The molecule has 2 aromatic carbocycles. The molecule has 2 rings (SSSR count). The predicted octanol–water partition coefficient (Wildman–Crippen LogP) is 2.82. The summed E-state index contributed by atoms with van der Waals surface area (Å²) in [5, 5.41) is 10.7. The van der Waals surface area contributed by atoms with Crippen molar-refractivity contribution in [2.45, 2.75) is 6.54 Å². The molecule has 0 atom stereocenters. The van der Waals surface area contributed by atoms with E-state index in [2.05, 4.69) is 0 Å². The largest absolute Gasteiger partial charge is 0.496 e. The maximum atomic E-state index is 12.2. The molecule has 2 aromatic rings. The number of rotatable bonds is 8. The minimum atomic E-state index is -0.717. The summed E-state index contributed by atoms with van der Waals surface area (Å²) in [4.78, 5) is 35.6. The summed E-state index contributed by atoms with van der Waals surface area (Å²) in [5.74, 6) is -0.424. The highest BCUT2D eigenvalue weighted by molar-refractivity contribution is 5.89. The van der Waals surface area contributed by atoms with E-state index in [4.69, 9.17) is 9.47 Å². The standard InChI is InChI=1S/C20H20N2O6/c1-21(13-16-7-3-4-9-18(16)27-2)19(23)14-28-20(24)11-10-15-6-5-8-17(12-15)22(25)26/h3-12H,13-14H2,1-2H3/b11-10+. The molecule has 0 spiro atoms. The Balaban J connectivity index is 1.87. The van der Waals surface area contributed by atoms with Gasteiger partial charge in [0.05, 0.1) is 12.0 Å². The lowest BCUT2D eigenvalue weighted by Gasteiger charge is -2.18. The van der Waals surface area contributed by atoms with E-state index in [1.807, 2.05) is 18.2 Å². The minimum Gasteiger partial charge on any atom is -0.496 e. The fourth-order valence-corrected chi connectivity index (χ4v) is 2.37. The second-order valence-electron chi connectivity index (χ2n) is 5.85. The van der Waals surface area contributed by atoms with Crippen LogP contribution in [-0.2, 0) is 20.9 Å². The molecule has 0 fully saturated rings. The molecule has 8 heteroatoms. The van der Waals surface area contributed by atoms with E-state index in [1.54, 1.807) is 26.3 Å². The third kappa shape index (κ3) is 5.94. The fraction of sp³-hybridized carbons (Fsp3) is 0.200. The van der Waals surface area contributed by atoms with Gasteiger partial charge in [0.1, 0.15) is 5.75 Å². The molecule has 0 unspecified atom stereocenters. The van der Waals surface area contributed by atoms with Gasteiger partial charge in [-0.1, -0.05) is 30.3 Å². The Morgan fingerprint density at radius 3 is 2.64 bits per heavy atom. The van der Waals surface area contributed by atoms with Crippen LogP contribution in [0.25, 0.3) is 6.08 Å². The van der Waals surface area contributed by atoms with Gasteiger partial charge in [-0.2, -0.15) is 0 Å². The average molecular weight is 384 g/mol. The number of ether oxygens (including phenoxy) is 2. The molecule has 0 aliphatic rings. The molecule has 0 saturated heterocycles. The van der Waals surface area contributed by atoms with Gasteiger partial charge in [0.15, 0.2) is 6.61 Å². The highest BCUT2D eigenvalue weighted by atomic mass is 16.6. The summed E-state index contributed by atoms with van der Waals surface area (Å²) in [6.07, 6.45) is 2.50. The Hall–Kier alpha value is -3.68. The number of likely N-dealkylation sites (N-methyl/N-ethyl adjacent to an activating group) is 1. The SMILES string of the molecule is COc1ccccc1CN(C)C(=O)COC(=O)/C=C/c1cccc([N+](=O)[O-])c1. The topological polar surface area (TPSA) is 99.0 Å². The first kappa shape index (κ1) is 20.6. The van der Waals surface area contributed by atoms with Gasteiger partial charge in [-0.15, -0.1) is 0 Å². The lowest BCUT2D eigenvalue weighted by Crippen LogP contribution is -2.30. The number of nitro benzene ring substituents is 1. The van der Waals surface area contributed by atoms with Crippen molar-refractivity contribution >= 4 is 23.6 Å². The number of carbonyl (C=O) groups excluding carboxylic acids is 2. The molecule has 0 bridgehead atoms. The molecule has 8 nitrogen and oxygen atoms in total. The van der Waals surface area contributed by atoms with Gasteiger partial charge in [-0.05, 0) is 17.7 Å². The first-order valence-electron chi connectivity index (χ1n) is 8.36. The van der Waals surface area contributed by atoms with Crippen LogP contribution in [0.15, 0.2) is 54.6 Å². The number of nitro groups is 1. The van der Waals surface area contributed by atoms with Crippen LogP contribution in [0.3, 0.4) is 0 Å². The summed E-state index contributed by atoms with van der Waals surface area (Å²) in [5.41, 5.74) is 1.23. The van der Waals surface area contributed by atoms with Crippen molar-refractivity contribution in [1.29, 1.82) is 0 Å². The van der Waals surface area contributed by atoms with Crippen LogP contribution in [0.2, 0.25) is 0 Å². The minimum absolute atomic E-state index is 0.0799. The highest BCUT2D eigenvalue weighted by Gasteiger charge is 2.13. The fourth-order valence-electron chi connectivity index (χ4n) is 2.37. The van der Waals surface area contributed by atoms with Crippen LogP contribution < -0.4 is 4.74 Å². The van der Waals surface area contributed by atoms with Crippen molar-refractivity contribution in [3.05, 3.63) is 75.8 Å². The van der Waals surface area contributed by atoms with Gasteiger partial charge in [-0.25, -0.2) is 4.79 Å². The number of nitrogens with zero attached hydrogens (tertiary/aromatic N) is 2. The summed E-state index contributed by atoms with van der Waals surface area (Å²) in [6, 6.07) is 13.1. The quantitative estimate of drug-likeness (QED) is 0.300. The second kappa shape index (κ2) is 9.86. The van der Waals surface area contributed by atoms with E-state index in [0.717, 1.165) is 11.6 Å². The highest BCUT2D eigenvalue weighted by Crippen LogP contribution is 2.18. The van der Waals surface area contributed by atoms with E-state index < -0.39 is 17.5 Å². The van der Waals surface area contributed by atoms with Gasteiger partial charge in [0, 0.05) is 37.4 Å². The zero-order valence-corrected chi connectivity index (χ0v) is 15.5. The third-order valence-electron chi connectivity index (χ3n) is 3.86. The molecular formula is C20H20N2O6. The molecule has 146 valence electrons. The number of para-hydroxylation sites is 1. The van der Waals surface area contributed by atoms with Crippen LogP contribution >= 0.6 is 0 Å². The lowest BCUT2D eigenvalue weighted by molar-refractivity contribution is -0.384. The molecule has 0 aliphatic carbocycles. The maximum absolute atomic E-state index is 12.2. The zero-order valence-electron chi connectivity index (χ0n) is 15.5. The van der Waals surface area contributed by atoms with Gasteiger partial charge in [0.2, 0.25) is 0 Å². The van der Waals surface area contributed by atoms with Crippen molar-refractivity contribution in [3.8, 4) is 5.75 Å². The Kier molecular flexibility index (Phi) is 7.27. The zero-order chi connectivity index (χ0) is 20.5. The van der Waals surface area contributed by atoms with Crippen LogP contribution in [0, 0.1) is 10.1 Å². The number of hydrogen-bond acceptors (Lipinski definition) is 6. The van der Waals surface area contributed by atoms with Gasteiger partial charge < -0.3 is 14.4 Å². The number of methoxy groups -OCH3 is 1. The number of amides is 1. The van der Waals surface area contributed by atoms with Crippen molar-refractivity contribution < 1.29 is 24.0 Å². The Morgan fingerprint density at radius 1 is 1.18 bits per heavy atom. The average Bonchev–Trinajstić information content (AvgIpc) is 2.70. The van der Waals surface area contributed by atoms with E-state index in [-0.39, 0.29) is 11.6 Å². The molecule has 0 saturated carbocycles. The van der Waals surface area contributed by atoms with E-state index in [9.17, 15) is 19.7 Å². The third-order valence-corrected chi connectivity index (χ3v) is 3.86. The van der Waals surface area contributed by atoms with E-state index >= 15 is 0 Å². The molecule has 0 N–H and O–H groups in total. The molecule has 0 heterocycles. The first-order chi connectivity index (χ1) is 13.4. The van der Waals surface area contributed by atoms with Gasteiger partial charge in [0.25, 0.3) is 11.6 Å². The first-order valence-corrected chi connectivity index (χ1v) is 8.36. The summed E-state index contributed by atoms with van der Waals surface area (Å²) in [6.45, 7) is -0.103. The van der Waals surface area contributed by atoms with Crippen molar-refractivity contribution in [2.24, 2.45) is 0 Å². The number of non-ortho nitro benzene ring substituents is 1. The Bertz CT molecular complexity index is 894. The van der Waals surface area contributed by atoms with Gasteiger partial charge in [-0.3, -0.25) is 14.9 Å². The van der Waals surface area contributed by atoms with Crippen LogP contribution in [0.4, 0.5) is 5.69 Å². The Morgan fingerprint density at radius 2 is 1.93 bits per heavy atom. The van der Waals surface area contributed by atoms with Gasteiger partial charge >= 0.3 is 5.97 Å². The van der Waals surface area contributed by atoms with Crippen LogP contribution in [0.1, 0.15) is 11.1 Å². The molecule has 1 amide bonds. The summed E-state index contributed by atoms with van der Waals surface area (Å²) >= 11 is 0. The maximum Gasteiger partial charge on any atom is 0.331 e. The molecule has 0 radical (unpaired) electrons. The van der Waals surface area contributed by atoms with E-state index in [1.165, 1.54) is 29.2 Å². The van der Waals surface area contributed by atoms with E-state index in [0.29, 0.717) is 17.9 Å². The molecular weight excluding hydrogens is 364 g/mol.